The summed E-state index contributed by atoms with van der Waals surface area (Å²) in [6, 6.07) is 17.8. The normalized spacial score (nSPS) is 13.7. The molecule has 0 aliphatic carbocycles. The third-order valence-corrected chi connectivity index (χ3v) is 5.89. The summed E-state index contributed by atoms with van der Waals surface area (Å²) in [5.41, 5.74) is 2.50. The van der Waals surface area contributed by atoms with Crippen molar-refractivity contribution < 1.29 is 9.53 Å². The molecule has 1 N–H and O–H groups in total. The van der Waals surface area contributed by atoms with Gasteiger partial charge in [0.15, 0.2) is 0 Å². The number of aromatic nitrogens is 1. The third kappa shape index (κ3) is 7.52. The summed E-state index contributed by atoms with van der Waals surface area (Å²) in [4.78, 5) is 20.9. The standard InChI is InChI=1S/C18H21N3OS.C9H11NO/c19-15(13-23)12-20-8-10-21(11-9-20)18(22)17-7-3-5-14-4-1-2-6-16(14)17;1-2-6-11-8-9-4-3-5-10-7-9/h1-7,19,23H,8-13H2;2-5,7H,1,6,8H2. The lowest BCUT2D eigenvalue weighted by Gasteiger charge is -2.34. The van der Waals surface area contributed by atoms with Gasteiger partial charge in [-0.1, -0.05) is 48.5 Å². The number of nitrogens with one attached hydrogen (secondary N) is 1. The largest absolute Gasteiger partial charge is 0.373 e. The molecule has 4 rings (SSSR count). The summed E-state index contributed by atoms with van der Waals surface area (Å²) >= 11 is 4.13. The van der Waals surface area contributed by atoms with E-state index < -0.39 is 0 Å². The fraction of sp³-hybridized carbons (Fsp3) is 0.296. The van der Waals surface area contributed by atoms with Crippen molar-refractivity contribution in [1.82, 2.24) is 14.8 Å². The first kappa shape index (κ1) is 25.6. The van der Waals surface area contributed by atoms with E-state index in [0.29, 0.717) is 44.3 Å². The number of pyridine rings is 1. The molecular weight excluding hydrogens is 444 g/mol. The van der Waals surface area contributed by atoms with Crippen LogP contribution in [-0.4, -0.2) is 71.5 Å². The maximum absolute atomic E-state index is 12.9. The van der Waals surface area contributed by atoms with E-state index in [9.17, 15) is 4.79 Å². The Kier molecular flexibility index (Phi) is 10.3. The van der Waals surface area contributed by atoms with E-state index in [-0.39, 0.29) is 5.91 Å². The number of carbonyl (C=O) groups excluding carboxylic acids is 1. The molecule has 0 saturated carbocycles. The number of fused-ring (bicyclic) bond motifs is 1. The number of carbonyl (C=O) groups is 1. The number of benzene rings is 2. The number of thiol groups is 1. The second-order valence-corrected chi connectivity index (χ2v) is 8.34. The van der Waals surface area contributed by atoms with E-state index in [1.54, 1.807) is 18.5 Å². The number of piperazine rings is 1. The number of rotatable bonds is 8. The van der Waals surface area contributed by atoms with E-state index in [1.807, 2.05) is 59.5 Å². The fourth-order valence-electron chi connectivity index (χ4n) is 3.75. The van der Waals surface area contributed by atoms with E-state index in [1.165, 1.54) is 0 Å². The van der Waals surface area contributed by atoms with Crippen molar-refractivity contribution in [3.05, 3.63) is 90.8 Å². The average molecular weight is 477 g/mol. The zero-order valence-corrected chi connectivity index (χ0v) is 20.3. The van der Waals surface area contributed by atoms with Crippen molar-refractivity contribution in [2.75, 3.05) is 45.1 Å². The summed E-state index contributed by atoms with van der Waals surface area (Å²) in [5.74, 6) is 0.598. The Morgan fingerprint density at radius 2 is 1.85 bits per heavy atom. The minimum atomic E-state index is 0.103. The van der Waals surface area contributed by atoms with Gasteiger partial charge in [0.25, 0.3) is 5.91 Å². The third-order valence-electron chi connectivity index (χ3n) is 5.51. The second kappa shape index (κ2) is 13.6. The highest BCUT2D eigenvalue weighted by Crippen LogP contribution is 2.20. The highest BCUT2D eigenvalue weighted by molar-refractivity contribution is 7.81. The molecule has 1 aliphatic heterocycles. The van der Waals surface area contributed by atoms with Crippen molar-refractivity contribution in [3.63, 3.8) is 0 Å². The molecule has 34 heavy (non-hydrogen) atoms. The van der Waals surface area contributed by atoms with Crippen LogP contribution in [0.15, 0.2) is 79.6 Å². The second-order valence-electron chi connectivity index (χ2n) is 8.02. The molecule has 178 valence electrons. The zero-order valence-electron chi connectivity index (χ0n) is 19.4. The molecule has 1 fully saturated rings. The first-order valence-electron chi connectivity index (χ1n) is 11.4. The van der Waals surface area contributed by atoms with Crippen LogP contribution in [0.2, 0.25) is 0 Å². The molecule has 1 saturated heterocycles. The number of nitrogens with zero attached hydrogens (tertiary/aromatic N) is 3. The van der Waals surface area contributed by atoms with Crippen LogP contribution in [0.3, 0.4) is 0 Å². The maximum atomic E-state index is 12.9. The molecule has 0 bridgehead atoms. The van der Waals surface area contributed by atoms with Gasteiger partial charge in [-0.3, -0.25) is 14.7 Å². The molecule has 0 spiro atoms. The molecule has 2 heterocycles. The highest BCUT2D eigenvalue weighted by Gasteiger charge is 2.23. The topological polar surface area (TPSA) is 69.5 Å². The Labute approximate surface area is 207 Å². The average Bonchev–Trinajstić information content (AvgIpc) is 2.89. The van der Waals surface area contributed by atoms with Crippen molar-refractivity contribution in [1.29, 1.82) is 5.41 Å². The van der Waals surface area contributed by atoms with Gasteiger partial charge in [-0.15, -0.1) is 6.58 Å². The Morgan fingerprint density at radius 3 is 2.56 bits per heavy atom. The lowest BCUT2D eigenvalue weighted by Crippen LogP contribution is -2.50. The minimum absolute atomic E-state index is 0.103. The molecule has 7 heteroatoms. The summed E-state index contributed by atoms with van der Waals surface area (Å²) < 4.78 is 5.21. The van der Waals surface area contributed by atoms with Crippen LogP contribution in [0.1, 0.15) is 15.9 Å². The summed E-state index contributed by atoms with van der Waals surface area (Å²) in [5, 5.41) is 9.84. The molecule has 0 unspecified atom stereocenters. The van der Waals surface area contributed by atoms with Crippen LogP contribution in [0.5, 0.6) is 0 Å². The maximum Gasteiger partial charge on any atom is 0.254 e. The predicted octanol–water partition coefficient (Wildman–Crippen LogP) is 4.33. The predicted molar refractivity (Wildman–Crippen MR) is 142 cm³/mol. The molecule has 1 amide bonds. The van der Waals surface area contributed by atoms with Gasteiger partial charge in [0.1, 0.15) is 0 Å². The van der Waals surface area contributed by atoms with Gasteiger partial charge < -0.3 is 15.0 Å². The molecule has 1 aromatic heterocycles. The van der Waals surface area contributed by atoms with Crippen LogP contribution in [-0.2, 0) is 11.3 Å². The first-order chi connectivity index (χ1) is 16.6. The van der Waals surface area contributed by atoms with Crippen molar-refractivity contribution in [2.45, 2.75) is 6.61 Å². The summed E-state index contributed by atoms with van der Waals surface area (Å²) in [7, 11) is 0. The lowest BCUT2D eigenvalue weighted by molar-refractivity contribution is 0.0656. The number of hydrogen-bond acceptors (Lipinski definition) is 6. The van der Waals surface area contributed by atoms with Crippen LogP contribution in [0.25, 0.3) is 10.8 Å². The van der Waals surface area contributed by atoms with Gasteiger partial charge in [0, 0.05) is 62.1 Å². The SMILES string of the molecule is C=CCOCc1cccnc1.N=C(CS)CN1CCN(C(=O)c2cccc3ccccc23)CC1. The van der Waals surface area contributed by atoms with Crippen molar-refractivity contribution in [3.8, 4) is 0 Å². The van der Waals surface area contributed by atoms with Crippen molar-refractivity contribution >= 4 is 35.0 Å². The van der Waals surface area contributed by atoms with Gasteiger partial charge in [-0.05, 0) is 28.5 Å². The van der Waals surface area contributed by atoms with Crippen molar-refractivity contribution in [2.24, 2.45) is 0 Å². The summed E-state index contributed by atoms with van der Waals surface area (Å²) in [6.45, 7) is 8.45. The molecule has 0 radical (unpaired) electrons. The van der Waals surface area contributed by atoms with Gasteiger partial charge in [-0.2, -0.15) is 12.6 Å². The molecular formula is C27H32N4O2S. The number of hydrogen-bond donors (Lipinski definition) is 2. The van der Waals surface area contributed by atoms with Gasteiger partial charge >= 0.3 is 0 Å². The minimum Gasteiger partial charge on any atom is -0.373 e. The molecule has 3 aromatic rings. The zero-order chi connectivity index (χ0) is 24.2. The highest BCUT2D eigenvalue weighted by atomic mass is 32.1. The Morgan fingerprint density at radius 1 is 1.09 bits per heavy atom. The van der Waals surface area contributed by atoms with Gasteiger partial charge in [-0.25, -0.2) is 0 Å². The van der Waals surface area contributed by atoms with E-state index in [4.69, 9.17) is 10.1 Å². The molecule has 2 aromatic carbocycles. The van der Waals surface area contributed by atoms with Crippen LogP contribution in [0, 0.1) is 5.41 Å². The van der Waals surface area contributed by atoms with Gasteiger partial charge in [0.05, 0.1) is 13.2 Å². The van der Waals surface area contributed by atoms with E-state index >= 15 is 0 Å². The molecule has 0 atom stereocenters. The van der Waals surface area contributed by atoms with Gasteiger partial charge in [0.2, 0.25) is 0 Å². The first-order valence-corrected chi connectivity index (χ1v) is 12.0. The monoisotopic (exact) mass is 476 g/mol. The number of ether oxygens (including phenoxy) is 1. The molecule has 1 aliphatic rings. The van der Waals surface area contributed by atoms with E-state index in [0.717, 1.165) is 35.0 Å². The van der Waals surface area contributed by atoms with Crippen LogP contribution in [0.4, 0.5) is 0 Å². The summed E-state index contributed by atoms with van der Waals surface area (Å²) in [6.07, 6.45) is 5.27. The molecule has 6 nitrogen and oxygen atoms in total. The fourth-order valence-corrected chi connectivity index (χ4v) is 3.85. The Bertz CT molecular complexity index is 1080. The number of amides is 1. The Hall–Kier alpha value is -3.00. The Balaban J connectivity index is 0.000000248. The van der Waals surface area contributed by atoms with E-state index in [2.05, 4.69) is 29.1 Å². The van der Waals surface area contributed by atoms with Crippen LogP contribution >= 0.6 is 12.6 Å². The smallest absolute Gasteiger partial charge is 0.254 e. The van der Waals surface area contributed by atoms with Crippen LogP contribution < -0.4 is 0 Å². The lowest BCUT2D eigenvalue weighted by atomic mass is 10.0. The quantitative estimate of drug-likeness (QED) is 0.220.